The van der Waals surface area contributed by atoms with E-state index < -0.39 is 17.7 Å². The topological polar surface area (TPSA) is 60.9 Å². The van der Waals surface area contributed by atoms with E-state index in [1.807, 2.05) is 68.4 Å². The van der Waals surface area contributed by atoms with Crippen LogP contribution in [0.25, 0.3) is 5.76 Å². The molecule has 27 heavy (non-hydrogen) atoms. The molecular weight excluding hydrogens is 340 g/mol. The Morgan fingerprint density at radius 1 is 1.04 bits per heavy atom. The van der Waals surface area contributed by atoms with E-state index in [2.05, 4.69) is 0 Å². The summed E-state index contributed by atoms with van der Waals surface area (Å²) in [5, 5.41) is 10.9. The molecule has 2 aromatic rings. The number of hydrogen-bond acceptors (Lipinski definition) is 4. The third-order valence-electron chi connectivity index (χ3n) is 4.77. The molecule has 0 radical (unpaired) electrons. The van der Waals surface area contributed by atoms with Gasteiger partial charge in [-0.1, -0.05) is 60.2 Å². The molecular formula is C22H24N2O3. The fourth-order valence-corrected chi connectivity index (χ4v) is 3.27. The van der Waals surface area contributed by atoms with E-state index in [0.717, 1.165) is 11.1 Å². The second-order valence-corrected chi connectivity index (χ2v) is 7.07. The van der Waals surface area contributed by atoms with Gasteiger partial charge in [-0.3, -0.25) is 9.59 Å². The highest BCUT2D eigenvalue weighted by Crippen LogP contribution is 2.39. The normalized spacial score (nSPS) is 19.1. The Morgan fingerprint density at radius 2 is 1.67 bits per heavy atom. The summed E-state index contributed by atoms with van der Waals surface area (Å²) in [6, 6.07) is 16.1. The first-order valence-corrected chi connectivity index (χ1v) is 8.95. The van der Waals surface area contributed by atoms with Crippen molar-refractivity contribution in [2.75, 3.05) is 27.2 Å². The van der Waals surface area contributed by atoms with Crippen LogP contribution in [0.3, 0.4) is 0 Å². The maximum atomic E-state index is 12.8. The van der Waals surface area contributed by atoms with Crippen LogP contribution in [0.2, 0.25) is 0 Å². The van der Waals surface area contributed by atoms with E-state index in [1.165, 1.54) is 0 Å². The van der Waals surface area contributed by atoms with Crippen molar-refractivity contribution >= 4 is 17.4 Å². The van der Waals surface area contributed by atoms with Gasteiger partial charge < -0.3 is 14.9 Å². The maximum Gasteiger partial charge on any atom is 0.295 e. The standard InChI is InChI=1S/C22H24N2O3/c1-15-9-11-17(12-10-15)20(25)18-19(16-7-5-4-6-8-16)24(14-13-23(2)3)22(27)21(18)26/h4-12,19,25H,13-14H2,1-3H3. The average Bonchev–Trinajstić information content (AvgIpc) is 2.91. The predicted octanol–water partition coefficient (Wildman–Crippen LogP) is 2.98. The van der Waals surface area contributed by atoms with Gasteiger partial charge in [0, 0.05) is 18.7 Å². The largest absolute Gasteiger partial charge is 0.507 e. The van der Waals surface area contributed by atoms with Crippen molar-refractivity contribution in [2.45, 2.75) is 13.0 Å². The average molecular weight is 364 g/mol. The van der Waals surface area contributed by atoms with E-state index >= 15 is 0 Å². The highest BCUT2D eigenvalue weighted by molar-refractivity contribution is 6.46. The fraction of sp³-hybridized carbons (Fsp3) is 0.273. The molecule has 1 saturated heterocycles. The number of nitrogens with zero attached hydrogens (tertiary/aromatic N) is 2. The number of ketones is 1. The molecule has 140 valence electrons. The van der Waals surface area contributed by atoms with Crippen LogP contribution in [-0.4, -0.2) is 53.8 Å². The molecule has 2 aromatic carbocycles. The predicted molar refractivity (Wildman–Crippen MR) is 105 cm³/mol. The Bertz CT molecular complexity index is 870. The number of Topliss-reactive ketones (excluding diaryl/α,β-unsaturated/α-hetero) is 1. The summed E-state index contributed by atoms with van der Waals surface area (Å²) >= 11 is 0. The molecule has 0 aliphatic carbocycles. The molecule has 0 spiro atoms. The van der Waals surface area contributed by atoms with Crippen molar-refractivity contribution in [3.05, 3.63) is 76.9 Å². The van der Waals surface area contributed by atoms with Crippen LogP contribution in [0.5, 0.6) is 0 Å². The van der Waals surface area contributed by atoms with Gasteiger partial charge in [-0.15, -0.1) is 0 Å². The van der Waals surface area contributed by atoms with Crippen molar-refractivity contribution in [3.63, 3.8) is 0 Å². The summed E-state index contributed by atoms with van der Waals surface area (Å²) in [6.45, 7) is 2.98. The monoisotopic (exact) mass is 364 g/mol. The minimum atomic E-state index is -0.638. The lowest BCUT2D eigenvalue weighted by atomic mass is 9.95. The molecule has 1 aliphatic rings. The zero-order valence-electron chi connectivity index (χ0n) is 15.8. The summed E-state index contributed by atoms with van der Waals surface area (Å²) in [5.41, 5.74) is 2.54. The van der Waals surface area contributed by atoms with Gasteiger partial charge in [0.15, 0.2) is 0 Å². The Kier molecular flexibility index (Phi) is 5.42. The molecule has 5 heteroatoms. The number of carbonyl (C=O) groups is 2. The van der Waals surface area contributed by atoms with Gasteiger partial charge in [0.1, 0.15) is 5.76 Å². The van der Waals surface area contributed by atoms with Crippen molar-refractivity contribution in [2.24, 2.45) is 0 Å². The first-order valence-electron chi connectivity index (χ1n) is 8.95. The van der Waals surface area contributed by atoms with Gasteiger partial charge in [-0.05, 0) is 26.6 Å². The number of likely N-dealkylation sites (N-methyl/N-ethyl adjacent to an activating group) is 1. The van der Waals surface area contributed by atoms with Crippen molar-refractivity contribution < 1.29 is 14.7 Å². The van der Waals surface area contributed by atoms with Crippen LogP contribution in [0.4, 0.5) is 0 Å². The quantitative estimate of drug-likeness (QED) is 0.503. The zero-order valence-corrected chi connectivity index (χ0v) is 15.8. The summed E-state index contributed by atoms with van der Waals surface area (Å²) in [5.74, 6) is -1.34. The zero-order chi connectivity index (χ0) is 19.6. The van der Waals surface area contributed by atoms with Crippen LogP contribution in [0.1, 0.15) is 22.7 Å². The second kappa shape index (κ2) is 7.76. The number of likely N-dealkylation sites (tertiary alicyclic amines) is 1. The summed E-state index contributed by atoms with van der Waals surface area (Å²) in [7, 11) is 3.83. The van der Waals surface area contributed by atoms with E-state index in [9.17, 15) is 14.7 Å². The van der Waals surface area contributed by atoms with E-state index in [4.69, 9.17) is 0 Å². The van der Waals surface area contributed by atoms with Gasteiger partial charge in [0.05, 0.1) is 11.6 Å². The number of aliphatic hydroxyl groups is 1. The molecule has 5 nitrogen and oxygen atoms in total. The molecule has 3 rings (SSSR count). The summed E-state index contributed by atoms with van der Waals surface area (Å²) < 4.78 is 0. The van der Waals surface area contributed by atoms with Crippen molar-refractivity contribution in [1.82, 2.24) is 9.80 Å². The lowest BCUT2D eigenvalue weighted by Gasteiger charge is -2.26. The van der Waals surface area contributed by atoms with Crippen LogP contribution >= 0.6 is 0 Å². The molecule has 1 aliphatic heterocycles. The smallest absolute Gasteiger partial charge is 0.295 e. The number of amides is 1. The highest BCUT2D eigenvalue weighted by Gasteiger charge is 2.45. The summed E-state index contributed by atoms with van der Waals surface area (Å²) in [4.78, 5) is 29.0. The molecule has 0 aromatic heterocycles. The Hall–Kier alpha value is -2.92. The number of aryl methyl sites for hydroxylation is 1. The third kappa shape index (κ3) is 3.78. The Balaban J connectivity index is 2.12. The number of aliphatic hydroxyl groups excluding tert-OH is 1. The Labute approximate surface area is 159 Å². The first kappa shape index (κ1) is 18.9. The van der Waals surface area contributed by atoms with Gasteiger partial charge in [0.25, 0.3) is 11.7 Å². The lowest BCUT2D eigenvalue weighted by molar-refractivity contribution is -0.140. The minimum absolute atomic E-state index is 0.130. The van der Waals surface area contributed by atoms with Gasteiger partial charge in [-0.25, -0.2) is 0 Å². The molecule has 0 bridgehead atoms. The van der Waals surface area contributed by atoms with Gasteiger partial charge in [0.2, 0.25) is 0 Å². The van der Waals surface area contributed by atoms with Crippen LogP contribution in [0, 0.1) is 6.92 Å². The van der Waals surface area contributed by atoms with E-state index in [1.54, 1.807) is 17.0 Å². The lowest BCUT2D eigenvalue weighted by Crippen LogP contribution is -2.35. The fourth-order valence-electron chi connectivity index (χ4n) is 3.27. The number of rotatable bonds is 5. The summed E-state index contributed by atoms with van der Waals surface area (Å²) in [6.07, 6.45) is 0. The number of carbonyl (C=O) groups excluding carboxylic acids is 2. The highest BCUT2D eigenvalue weighted by atomic mass is 16.3. The van der Waals surface area contributed by atoms with Crippen molar-refractivity contribution in [1.29, 1.82) is 0 Å². The van der Waals surface area contributed by atoms with Crippen LogP contribution in [-0.2, 0) is 9.59 Å². The molecule has 1 fully saturated rings. The molecule has 1 N–H and O–H groups in total. The number of hydrogen-bond donors (Lipinski definition) is 1. The van der Waals surface area contributed by atoms with Gasteiger partial charge >= 0.3 is 0 Å². The second-order valence-electron chi connectivity index (χ2n) is 7.07. The van der Waals surface area contributed by atoms with Gasteiger partial charge in [-0.2, -0.15) is 0 Å². The molecule has 1 unspecified atom stereocenters. The van der Waals surface area contributed by atoms with Crippen molar-refractivity contribution in [3.8, 4) is 0 Å². The van der Waals surface area contributed by atoms with Crippen LogP contribution < -0.4 is 0 Å². The molecule has 1 heterocycles. The third-order valence-corrected chi connectivity index (χ3v) is 4.77. The SMILES string of the molecule is Cc1ccc(C(O)=C2C(=O)C(=O)N(CCN(C)C)C2c2ccccc2)cc1. The van der Waals surface area contributed by atoms with E-state index in [-0.39, 0.29) is 11.3 Å². The van der Waals surface area contributed by atoms with E-state index in [0.29, 0.717) is 18.7 Å². The molecule has 1 amide bonds. The minimum Gasteiger partial charge on any atom is -0.507 e. The number of benzene rings is 2. The first-order chi connectivity index (χ1) is 12.9. The molecule has 0 saturated carbocycles. The maximum absolute atomic E-state index is 12.8. The Morgan fingerprint density at radius 3 is 2.26 bits per heavy atom. The molecule has 1 atom stereocenters. The van der Waals surface area contributed by atoms with Crippen LogP contribution in [0.15, 0.2) is 60.2 Å².